The second-order valence-electron chi connectivity index (χ2n) is 3.84. The van der Waals surface area contributed by atoms with Gasteiger partial charge in [0.05, 0.1) is 17.3 Å². The van der Waals surface area contributed by atoms with Crippen LogP contribution in [0.3, 0.4) is 0 Å². The number of aliphatic hydroxyl groups excluding tert-OH is 1. The Bertz CT molecular complexity index is 494. The number of hydrogen-bond acceptors (Lipinski definition) is 3. The molecule has 0 aliphatic rings. The van der Waals surface area contributed by atoms with E-state index >= 15 is 0 Å². The molecule has 0 fully saturated rings. The van der Waals surface area contributed by atoms with Crippen LogP contribution in [0.2, 0.25) is 0 Å². The molecule has 2 aromatic rings. The van der Waals surface area contributed by atoms with Gasteiger partial charge in [0.25, 0.3) is 0 Å². The molecule has 0 saturated carbocycles. The standard InChI is InChI=1S/C13H14FNOS/c1-2-9(7-16)13-15-12(8-17-13)10-5-3-4-6-11(10)14/h3-6,8-9,16H,2,7H2,1H3. The maximum atomic E-state index is 13.6. The summed E-state index contributed by atoms with van der Waals surface area (Å²) < 4.78 is 13.6. The predicted octanol–water partition coefficient (Wildman–Crippen LogP) is 3.44. The Morgan fingerprint density at radius 3 is 2.82 bits per heavy atom. The molecule has 1 aromatic carbocycles. The summed E-state index contributed by atoms with van der Waals surface area (Å²) in [5.41, 5.74) is 1.16. The number of nitrogens with zero attached hydrogens (tertiary/aromatic N) is 1. The van der Waals surface area contributed by atoms with E-state index in [2.05, 4.69) is 4.98 Å². The van der Waals surface area contributed by atoms with Gasteiger partial charge in [-0.15, -0.1) is 11.3 Å². The Hall–Kier alpha value is -1.26. The number of benzene rings is 1. The van der Waals surface area contributed by atoms with Gasteiger partial charge in [0.15, 0.2) is 0 Å². The van der Waals surface area contributed by atoms with Gasteiger partial charge in [-0.2, -0.15) is 0 Å². The number of thiazole rings is 1. The maximum Gasteiger partial charge on any atom is 0.132 e. The predicted molar refractivity (Wildman–Crippen MR) is 67.6 cm³/mol. The van der Waals surface area contributed by atoms with E-state index in [0.29, 0.717) is 11.3 Å². The van der Waals surface area contributed by atoms with Crippen molar-refractivity contribution in [2.75, 3.05) is 6.61 Å². The van der Waals surface area contributed by atoms with Crippen LogP contribution < -0.4 is 0 Å². The molecule has 0 spiro atoms. The largest absolute Gasteiger partial charge is 0.396 e. The molecule has 1 unspecified atom stereocenters. The van der Waals surface area contributed by atoms with E-state index in [0.717, 1.165) is 11.4 Å². The summed E-state index contributed by atoms with van der Waals surface area (Å²) in [5, 5.41) is 11.9. The van der Waals surface area contributed by atoms with Crippen molar-refractivity contribution in [2.45, 2.75) is 19.3 Å². The molecule has 1 atom stereocenters. The summed E-state index contributed by atoms with van der Waals surface area (Å²) in [6.07, 6.45) is 0.834. The van der Waals surface area contributed by atoms with Crippen LogP contribution in [0.25, 0.3) is 11.3 Å². The van der Waals surface area contributed by atoms with E-state index < -0.39 is 0 Å². The van der Waals surface area contributed by atoms with Gasteiger partial charge in [-0.05, 0) is 18.6 Å². The van der Waals surface area contributed by atoms with Crippen LogP contribution in [0.4, 0.5) is 4.39 Å². The monoisotopic (exact) mass is 251 g/mol. The molecule has 1 N–H and O–H groups in total. The quantitative estimate of drug-likeness (QED) is 0.903. The molecule has 0 bridgehead atoms. The van der Waals surface area contributed by atoms with E-state index in [1.807, 2.05) is 12.3 Å². The first kappa shape index (κ1) is 12.2. The molecule has 0 amide bonds. The summed E-state index contributed by atoms with van der Waals surface area (Å²) >= 11 is 1.47. The van der Waals surface area contributed by atoms with Crippen LogP contribution in [-0.4, -0.2) is 16.7 Å². The molecular formula is C13H14FNOS. The van der Waals surface area contributed by atoms with Crippen molar-refractivity contribution in [3.05, 3.63) is 40.5 Å². The maximum absolute atomic E-state index is 13.6. The van der Waals surface area contributed by atoms with Crippen LogP contribution >= 0.6 is 11.3 Å². The fourth-order valence-electron chi connectivity index (χ4n) is 1.65. The third-order valence-electron chi connectivity index (χ3n) is 2.73. The Morgan fingerprint density at radius 2 is 2.18 bits per heavy atom. The molecule has 1 aromatic heterocycles. The zero-order valence-corrected chi connectivity index (χ0v) is 10.4. The van der Waals surface area contributed by atoms with Gasteiger partial charge < -0.3 is 5.11 Å². The first-order valence-corrected chi connectivity index (χ1v) is 6.45. The molecule has 1 heterocycles. The average Bonchev–Trinajstić information content (AvgIpc) is 2.81. The van der Waals surface area contributed by atoms with Gasteiger partial charge in [-0.25, -0.2) is 9.37 Å². The molecule has 0 aliphatic heterocycles. The molecule has 2 rings (SSSR count). The van der Waals surface area contributed by atoms with Gasteiger partial charge >= 0.3 is 0 Å². The first-order chi connectivity index (χ1) is 8.26. The second-order valence-corrected chi connectivity index (χ2v) is 4.73. The minimum atomic E-state index is -0.263. The number of hydrogen-bond donors (Lipinski definition) is 1. The van der Waals surface area contributed by atoms with Gasteiger partial charge in [-0.1, -0.05) is 19.1 Å². The highest BCUT2D eigenvalue weighted by atomic mass is 32.1. The first-order valence-electron chi connectivity index (χ1n) is 5.57. The fourth-order valence-corrected chi connectivity index (χ4v) is 2.65. The number of aromatic nitrogens is 1. The van der Waals surface area contributed by atoms with Crippen molar-refractivity contribution in [3.63, 3.8) is 0 Å². The molecule has 0 aliphatic carbocycles. The zero-order chi connectivity index (χ0) is 12.3. The van der Waals surface area contributed by atoms with Crippen molar-refractivity contribution < 1.29 is 9.50 Å². The summed E-state index contributed by atoms with van der Waals surface area (Å²) in [7, 11) is 0. The Kier molecular flexibility index (Phi) is 3.86. The molecule has 2 nitrogen and oxygen atoms in total. The van der Waals surface area contributed by atoms with E-state index in [9.17, 15) is 9.50 Å². The third kappa shape index (κ3) is 2.53. The minimum Gasteiger partial charge on any atom is -0.396 e. The Labute approximate surface area is 104 Å². The van der Waals surface area contributed by atoms with Crippen LogP contribution in [-0.2, 0) is 0 Å². The number of aliphatic hydroxyl groups is 1. The SMILES string of the molecule is CCC(CO)c1nc(-c2ccccc2F)cs1. The average molecular weight is 251 g/mol. The number of halogens is 1. The lowest BCUT2D eigenvalue weighted by Crippen LogP contribution is -2.01. The van der Waals surface area contributed by atoms with Gasteiger partial charge in [-0.3, -0.25) is 0 Å². The lowest BCUT2D eigenvalue weighted by Gasteiger charge is -2.06. The molecular weight excluding hydrogens is 237 g/mol. The Balaban J connectivity index is 2.33. The highest BCUT2D eigenvalue weighted by molar-refractivity contribution is 7.10. The molecule has 4 heteroatoms. The normalized spacial score (nSPS) is 12.6. The van der Waals surface area contributed by atoms with Crippen LogP contribution in [0, 0.1) is 5.82 Å². The molecule has 90 valence electrons. The molecule has 0 radical (unpaired) electrons. The van der Waals surface area contributed by atoms with Crippen molar-refractivity contribution in [3.8, 4) is 11.3 Å². The summed E-state index contributed by atoms with van der Waals surface area (Å²) in [5.74, 6) is -0.207. The third-order valence-corrected chi connectivity index (χ3v) is 3.74. The minimum absolute atomic E-state index is 0.0560. The zero-order valence-electron chi connectivity index (χ0n) is 9.56. The second kappa shape index (κ2) is 5.38. The lowest BCUT2D eigenvalue weighted by molar-refractivity contribution is 0.262. The highest BCUT2D eigenvalue weighted by Gasteiger charge is 2.14. The van der Waals surface area contributed by atoms with Gasteiger partial charge in [0.1, 0.15) is 5.82 Å². The van der Waals surface area contributed by atoms with E-state index in [4.69, 9.17) is 0 Å². The fraction of sp³-hybridized carbons (Fsp3) is 0.308. The number of rotatable bonds is 4. The van der Waals surface area contributed by atoms with Gasteiger partial charge in [0.2, 0.25) is 0 Å². The van der Waals surface area contributed by atoms with Crippen molar-refractivity contribution in [1.82, 2.24) is 4.98 Å². The topological polar surface area (TPSA) is 33.1 Å². The summed E-state index contributed by atoms with van der Waals surface area (Å²) in [6, 6.07) is 6.60. The van der Waals surface area contributed by atoms with Crippen molar-refractivity contribution in [1.29, 1.82) is 0 Å². The summed E-state index contributed by atoms with van der Waals surface area (Å²) in [4.78, 5) is 4.40. The van der Waals surface area contributed by atoms with Crippen LogP contribution in [0.15, 0.2) is 29.6 Å². The van der Waals surface area contributed by atoms with Crippen LogP contribution in [0.1, 0.15) is 24.3 Å². The smallest absolute Gasteiger partial charge is 0.132 e. The summed E-state index contributed by atoms with van der Waals surface area (Å²) in [6.45, 7) is 2.09. The van der Waals surface area contributed by atoms with E-state index in [-0.39, 0.29) is 18.3 Å². The van der Waals surface area contributed by atoms with E-state index in [1.54, 1.807) is 18.2 Å². The van der Waals surface area contributed by atoms with Gasteiger partial charge in [0, 0.05) is 16.9 Å². The van der Waals surface area contributed by atoms with Crippen molar-refractivity contribution in [2.24, 2.45) is 0 Å². The van der Waals surface area contributed by atoms with E-state index in [1.165, 1.54) is 17.4 Å². The Morgan fingerprint density at radius 1 is 1.41 bits per heavy atom. The molecule has 0 saturated heterocycles. The molecule has 17 heavy (non-hydrogen) atoms. The lowest BCUT2D eigenvalue weighted by atomic mass is 10.1. The highest BCUT2D eigenvalue weighted by Crippen LogP contribution is 2.29. The van der Waals surface area contributed by atoms with Crippen LogP contribution in [0.5, 0.6) is 0 Å². The van der Waals surface area contributed by atoms with Crippen molar-refractivity contribution >= 4 is 11.3 Å².